The van der Waals surface area contributed by atoms with Gasteiger partial charge in [-0.15, -0.1) is 0 Å². The van der Waals surface area contributed by atoms with E-state index in [1.165, 1.54) is 25.7 Å². The quantitative estimate of drug-likeness (QED) is 0.869. The van der Waals surface area contributed by atoms with Gasteiger partial charge in [0.15, 0.2) is 10.6 Å². The number of hydrogen-bond acceptors (Lipinski definition) is 3. The topological polar surface area (TPSA) is 46.5 Å². The van der Waals surface area contributed by atoms with Gasteiger partial charge in [-0.05, 0) is 61.4 Å². The van der Waals surface area contributed by atoms with Crippen molar-refractivity contribution in [3.8, 4) is 11.5 Å². The van der Waals surface area contributed by atoms with E-state index in [4.69, 9.17) is 12.2 Å². The van der Waals surface area contributed by atoms with E-state index in [2.05, 4.69) is 19.7 Å². The normalized spacial score (nSPS) is 20.4. The molecule has 0 atom stereocenters. The molecule has 2 aliphatic rings. The van der Waals surface area contributed by atoms with Crippen LogP contribution in [-0.4, -0.2) is 19.7 Å². The molecule has 5 heteroatoms. The van der Waals surface area contributed by atoms with Gasteiger partial charge >= 0.3 is 0 Å². The van der Waals surface area contributed by atoms with E-state index in [-0.39, 0.29) is 0 Å². The van der Waals surface area contributed by atoms with Crippen LogP contribution < -0.4 is 0 Å². The molecule has 2 heterocycles. The molecule has 0 radical (unpaired) electrons. The molecular weight excluding hydrogens is 256 g/mol. The lowest BCUT2D eigenvalue weighted by molar-refractivity contribution is 0.369. The molecule has 4 rings (SSSR count). The Balaban J connectivity index is 1.72. The van der Waals surface area contributed by atoms with Crippen LogP contribution in [0.1, 0.15) is 25.7 Å². The van der Waals surface area contributed by atoms with Crippen LogP contribution >= 0.6 is 12.2 Å². The number of rotatable bonds is 4. The summed E-state index contributed by atoms with van der Waals surface area (Å²) < 4.78 is 2.86. The van der Waals surface area contributed by atoms with Crippen molar-refractivity contribution >= 4 is 12.2 Å². The maximum absolute atomic E-state index is 5.39. The van der Waals surface area contributed by atoms with E-state index in [0.29, 0.717) is 10.2 Å². The second-order valence-electron chi connectivity index (χ2n) is 5.79. The molecule has 2 aromatic heterocycles. The van der Waals surface area contributed by atoms with E-state index < -0.39 is 0 Å². The van der Waals surface area contributed by atoms with Crippen LogP contribution in [0.2, 0.25) is 0 Å². The smallest absolute Gasteiger partial charge is 0.195 e. The molecule has 4 nitrogen and oxygen atoms in total. The first kappa shape index (κ1) is 11.3. The minimum Gasteiger partial charge on any atom is -0.298 e. The summed E-state index contributed by atoms with van der Waals surface area (Å²) in [4.78, 5) is 4.38. The largest absolute Gasteiger partial charge is 0.298 e. The van der Waals surface area contributed by atoms with Gasteiger partial charge in [0.05, 0.1) is 0 Å². The zero-order chi connectivity index (χ0) is 12.9. The molecule has 0 unspecified atom stereocenters. The number of nitrogens with zero attached hydrogens (tertiary/aromatic N) is 3. The lowest BCUT2D eigenvalue weighted by Gasteiger charge is -2.15. The minimum absolute atomic E-state index is 0.506. The van der Waals surface area contributed by atoms with Crippen molar-refractivity contribution < 1.29 is 0 Å². The fraction of sp³-hybridized carbons (Fsp3) is 0.500. The number of hydrogen-bond donors (Lipinski definition) is 1. The van der Waals surface area contributed by atoms with E-state index >= 15 is 0 Å². The number of aromatic nitrogens is 4. The first-order valence-corrected chi connectivity index (χ1v) is 7.26. The van der Waals surface area contributed by atoms with Crippen LogP contribution in [0.15, 0.2) is 24.4 Å². The van der Waals surface area contributed by atoms with Gasteiger partial charge in [-0.25, -0.2) is 0 Å². The Morgan fingerprint density at radius 3 is 2.84 bits per heavy atom. The molecule has 0 aliphatic heterocycles. The number of nitrogens with one attached hydrogen (secondary N) is 1. The highest BCUT2D eigenvalue weighted by atomic mass is 32.1. The molecule has 0 bridgehead atoms. The third-order valence-electron chi connectivity index (χ3n) is 4.46. The summed E-state index contributed by atoms with van der Waals surface area (Å²) in [6, 6.07) is 5.89. The van der Waals surface area contributed by atoms with Gasteiger partial charge in [-0.1, -0.05) is 6.07 Å². The Morgan fingerprint density at radius 1 is 1.37 bits per heavy atom. The minimum atomic E-state index is 0.506. The first-order valence-electron chi connectivity index (χ1n) is 6.85. The van der Waals surface area contributed by atoms with Gasteiger partial charge in [0.2, 0.25) is 0 Å². The third-order valence-corrected chi connectivity index (χ3v) is 4.77. The predicted octanol–water partition coefficient (Wildman–Crippen LogP) is 3.19. The Hall–Kier alpha value is -1.49. The van der Waals surface area contributed by atoms with Gasteiger partial charge in [-0.3, -0.25) is 14.6 Å². The highest BCUT2D eigenvalue weighted by Crippen LogP contribution is 2.62. The van der Waals surface area contributed by atoms with Crippen molar-refractivity contribution in [2.75, 3.05) is 0 Å². The van der Waals surface area contributed by atoms with Crippen LogP contribution in [-0.2, 0) is 6.54 Å². The van der Waals surface area contributed by atoms with Gasteiger partial charge in [0, 0.05) is 12.7 Å². The monoisotopic (exact) mass is 272 g/mol. The van der Waals surface area contributed by atoms with Gasteiger partial charge in [-0.2, -0.15) is 5.10 Å². The summed E-state index contributed by atoms with van der Waals surface area (Å²) in [5.74, 6) is 1.79. The molecule has 2 aromatic rings. The van der Waals surface area contributed by atoms with Gasteiger partial charge in [0.25, 0.3) is 0 Å². The Bertz CT molecular complexity index is 650. The highest BCUT2D eigenvalue weighted by molar-refractivity contribution is 7.71. The second-order valence-corrected chi connectivity index (χ2v) is 6.18. The van der Waals surface area contributed by atoms with Crippen molar-refractivity contribution in [3.63, 3.8) is 0 Å². The van der Waals surface area contributed by atoms with Crippen LogP contribution in [0.5, 0.6) is 0 Å². The fourth-order valence-electron chi connectivity index (χ4n) is 3.02. The van der Waals surface area contributed by atoms with Crippen LogP contribution in [0, 0.1) is 16.1 Å². The number of pyridine rings is 1. The zero-order valence-corrected chi connectivity index (χ0v) is 11.5. The SMILES string of the molecule is S=c1[nH]nc(-c2ccccn2)n1CC1(C2CC2)CC1. The molecule has 0 spiro atoms. The lowest BCUT2D eigenvalue weighted by Crippen LogP contribution is -2.15. The van der Waals surface area contributed by atoms with Crippen molar-refractivity contribution in [2.45, 2.75) is 32.2 Å². The predicted molar refractivity (Wildman–Crippen MR) is 75.0 cm³/mol. The van der Waals surface area contributed by atoms with E-state index in [0.717, 1.165) is 24.0 Å². The Morgan fingerprint density at radius 2 is 2.21 bits per heavy atom. The maximum Gasteiger partial charge on any atom is 0.195 e. The molecule has 2 saturated carbocycles. The first-order chi connectivity index (χ1) is 9.28. The number of aromatic amines is 1. The molecule has 1 N–H and O–H groups in total. The van der Waals surface area contributed by atoms with Crippen LogP contribution in [0.25, 0.3) is 11.5 Å². The van der Waals surface area contributed by atoms with E-state index in [1.807, 2.05) is 18.2 Å². The Kier molecular flexibility index (Phi) is 2.39. The summed E-state index contributed by atoms with van der Waals surface area (Å²) in [5.41, 5.74) is 1.40. The molecule has 0 amide bonds. The molecule has 98 valence electrons. The van der Waals surface area contributed by atoms with Gasteiger partial charge in [0.1, 0.15) is 5.69 Å². The average Bonchev–Trinajstić information content (AvgIpc) is 3.32. The summed E-state index contributed by atoms with van der Waals surface area (Å²) in [6.45, 7) is 0.999. The van der Waals surface area contributed by atoms with Crippen molar-refractivity contribution in [2.24, 2.45) is 11.3 Å². The summed E-state index contributed by atoms with van der Waals surface area (Å²) >= 11 is 5.39. The van der Waals surface area contributed by atoms with E-state index in [9.17, 15) is 0 Å². The van der Waals surface area contributed by atoms with Crippen LogP contribution in [0.4, 0.5) is 0 Å². The lowest BCUT2D eigenvalue weighted by atomic mass is 10.0. The van der Waals surface area contributed by atoms with Crippen molar-refractivity contribution in [1.82, 2.24) is 19.7 Å². The maximum atomic E-state index is 5.39. The fourth-order valence-corrected chi connectivity index (χ4v) is 3.22. The molecule has 19 heavy (non-hydrogen) atoms. The molecular formula is C14H16N4S. The molecule has 0 aromatic carbocycles. The molecule has 0 saturated heterocycles. The average molecular weight is 272 g/mol. The second kappa shape index (κ2) is 4.00. The summed E-state index contributed by atoms with van der Waals surface area (Å²) in [5, 5.41) is 7.28. The highest BCUT2D eigenvalue weighted by Gasteiger charge is 2.54. The van der Waals surface area contributed by atoms with E-state index in [1.54, 1.807) is 6.20 Å². The summed E-state index contributed by atoms with van der Waals surface area (Å²) in [6.07, 6.45) is 7.26. The number of H-pyrrole nitrogens is 1. The summed E-state index contributed by atoms with van der Waals surface area (Å²) in [7, 11) is 0. The van der Waals surface area contributed by atoms with Crippen LogP contribution in [0.3, 0.4) is 0 Å². The Labute approximate surface area is 116 Å². The molecule has 2 fully saturated rings. The zero-order valence-electron chi connectivity index (χ0n) is 10.7. The van der Waals surface area contributed by atoms with Crippen molar-refractivity contribution in [1.29, 1.82) is 0 Å². The van der Waals surface area contributed by atoms with Gasteiger partial charge < -0.3 is 0 Å². The van der Waals surface area contributed by atoms with Crippen molar-refractivity contribution in [3.05, 3.63) is 29.2 Å². The third kappa shape index (κ3) is 1.92. The molecule has 2 aliphatic carbocycles. The standard InChI is InChI=1S/C14H16N4S/c19-13-17-16-12(11-3-1-2-8-15-11)18(13)9-14(6-7-14)10-4-5-10/h1-3,8,10H,4-7,9H2,(H,17,19).